The molecule has 2 aromatic rings. The van der Waals surface area contributed by atoms with Gasteiger partial charge in [-0.25, -0.2) is 4.79 Å². The molecule has 0 aromatic heterocycles. The molecule has 0 radical (unpaired) electrons. The lowest BCUT2D eigenvalue weighted by molar-refractivity contribution is -0.141. The Balaban J connectivity index is 1.41. The van der Waals surface area contributed by atoms with Gasteiger partial charge >= 0.3 is 12.1 Å². The van der Waals surface area contributed by atoms with Gasteiger partial charge in [-0.2, -0.15) is 0 Å². The minimum Gasteiger partial charge on any atom is -0.481 e. The summed E-state index contributed by atoms with van der Waals surface area (Å²) in [5, 5.41) is 12.0. The lowest BCUT2D eigenvalue weighted by Gasteiger charge is -2.25. The molecule has 2 aromatic carbocycles. The first-order valence-electron chi connectivity index (χ1n) is 11.5. The Morgan fingerprint density at radius 1 is 1.06 bits per heavy atom. The van der Waals surface area contributed by atoms with Crippen molar-refractivity contribution in [2.75, 3.05) is 19.7 Å². The van der Waals surface area contributed by atoms with Crippen LogP contribution in [0, 0.1) is 11.8 Å². The first-order valence-corrected chi connectivity index (χ1v) is 11.5. The van der Waals surface area contributed by atoms with E-state index in [9.17, 15) is 19.5 Å². The highest BCUT2D eigenvalue weighted by atomic mass is 16.5. The fraction of sp³-hybridized carbons (Fsp3) is 0.423. The Labute approximate surface area is 193 Å². The molecule has 33 heavy (non-hydrogen) atoms. The van der Waals surface area contributed by atoms with Crippen molar-refractivity contribution in [3.05, 3.63) is 59.7 Å². The Kier molecular flexibility index (Phi) is 6.67. The molecule has 0 saturated carbocycles. The Bertz CT molecular complexity index is 1000. The highest BCUT2D eigenvalue weighted by Crippen LogP contribution is 2.44. The number of aliphatic carboxylic acids is 1. The molecule has 174 valence electrons. The van der Waals surface area contributed by atoms with E-state index in [-0.39, 0.29) is 30.9 Å². The number of carboxylic acids is 1. The fourth-order valence-corrected chi connectivity index (χ4v) is 4.86. The molecule has 4 rings (SSSR count). The second kappa shape index (κ2) is 9.65. The molecule has 2 N–H and O–H groups in total. The summed E-state index contributed by atoms with van der Waals surface area (Å²) in [7, 11) is 0. The fourth-order valence-electron chi connectivity index (χ4n) is 4.86. The van der Waals surface area contributed by atoms with Gasteiger partial charge in [0.1, 0.15) is 12.6 Å². The van der Waals surface area contributed by atoms with E-state index in [1.165, 1.54) is 4.90 Å². The zero-order valence-electron chi connectivity index (χ0n) is 19.0. The van der Waals surface area contributed by atoms with E-state index in [0.29, 0.717) is 19.4 Å². The number of amides is 2. The normalized spacial score (nSPS) is 18.0. The van der Waals surface area contributed by atoms with Gasteiger partial charge in [0.2, 0.25) is 5.91 Å². The predicted octanol–water partition coefficient (Wildman–Crippen LogP) is 3.87. The number of alkyl carbamates (subject to hydrolysis) is 1. The second-order valence-electron chi connectivity index (χ2n) is 9.26. The summed E-state index contributed by atoms with van der Waals surface area (Å²) in [6, 6.07) is 15.5. The van der Waals surface area contributed by atoms with Gasteiger partial charge in [-0.3, -0.25) is 9.59 Å². The van der Waals surface area contributed by atoms with Crippen molar-refractivity contribution in [3.63, 3.8) is 0 Å². The molecule has 1 aliphatic heterocycles. The Morgan fingerprint density at radius 3 is 2.21 bits per heavy atom. The number of ether oxygens (including phenoxy) is 1. The molecule has 1 aliphatic carbocycles. The zero-order chi connectivity index (χ0) is 23.5. The summed E-state index contributed by atoms with van der Waals surface area (Å²) in [6.07, 6.45) is 0.252. The number of hydrogen-bond acceptors (Lipinski definition) is 4. The van der Waals surface area contributed by atoms with E-state index in [0.717, 1.165) is 22.3 Å². The van der Waals surface area contributed by atoms with Crippen LogP contribution in [0.5, 0.6) is 0 Å². The van der Waals surface area contributed by atoms with Crippen LogP contribution in [-0.2, 0) is 14.3 Å². The van der Waals surface area contributed by atoms with Crippen molar-refractivity contribution in [2.24, 2.45) is 11.8 Å². The molecule has 1 saturated heterocycles. The van der Waals surface area contributed by atoms with E-state index >= 15 is 0 Å². The maximum Gasteiger partial charge on any atom is 0.407 e. The van der Waals surface area contributed by atoms with Gasteiger partial charge in [-0.1, -0.05) is 62.4 Å². The number of carbonyl (C=O) groups excluding carboxylic acids is 2. The van der Waals surface area contributed by atoms with Crippen molar-refractivity contribution in [2.45, 2.75) is 38.6 Å². The number of hydrogen-bond donors (Lipinski definition) is 2. The van der Waals surface area contributed by atoms with E-state index in [1.807, 2.05) is 38.1 Å². The molecule has 1 heterocycles. The monoisotopic (exact) mass is 450 g/mol. The van der Waals surface area contributed by atoms with Gasteiger partial charge in [-0.15, -0.1) is 0 Å². The summed E-state index contributed by atoms with van der Waals surface area (Å²) in [5.41, 5.74) is 4.55. The molecule has 2 aliphatic rings. The van der Waals surface area contributed by atoms with Crippen molar-refractivity contribution >= 4 is 18.0 Å². The molecular weight excluding hydrogens is 420 g/mol. The van der Waals surface area contributed by atoms with Crippen LogP contribution in [0.1, 0.15) is 43.7 Å². The van der Waals surface area contributed by atoms with E-state index < -0.39 is 24.0 Å². The number of benzene rings is 2. The number of nitrogens with one attached hydrogen (secondary N) is 1. The zero-order valence-corrected chi connectivity index (χ0v) is 19.0. The van der Waals surface area contributed by atoms with Gasteiger partial charge < -0.3 is 20.1 Å². The van der Waals surface area contributed by atoms with Crippen molar-refractivity contribution in [1.29, 1.82) is 0 Å². The summed E-state index contributed by atoms with van der Waals surface area (Å²) < 4.78 is 5.61. The third-order valence-corrected chi connectivity index (χ3v) is 6.49. The summed E-state index contributed by atoms with van der Waals surface area (Å²) >= 11 is 0. The van der Waals surface area contributed by atoms with E-state index in [4.69, 9.17) is 4.74 Å². The second-order valence-corrected chi connectivity index (χ2v) is 9.26. The van der Waals surface area contributed by atoms with Crippen LogP contribution >= 0.6 is 0 Å². The van der Waals surface area contributed by atoms with Gasteiger partial charge in [0.25, 0.3) is 0 Å². The summed E-state index contributed by atoms with van der Waals surface area (Å²) in [6.45, 7) is 4.69. The Morgan fingerprint density at radius 2 is 1.67 bits per heavy atom. The average Bonchev–Trinajstić information content (AvgIpc) is 3.40. The highest BCUT2D eigenvalue weighted by molar-refractivity contribution is 5.87. The Hall–Kier alpha value is -3.35. The van der Waals surface area contributed by atoms with Gasteiger partial charge in [0, 0.05) is 19.0 Å². The number of likely N-dealkylation sites (tertiary alicyclic amines) is 1. The third-order valence-electron chi connectivity index (χ3n) is 6.49. The number of fused-ring (bicyclic) bond motifs is 3. The van der Waals surface area contributed by atoms with Gasteiger partial charge in [-0.05, 0) is 41.0 Å². The predicted molar refractivity (Wildman–Crippen MR) is 124 cm³/mol. The van der Waals surface area contributed by atoms with Gasteiger partial charge in [0.05, 0.1) is 5.92 Å². The SMILES string of the molecule is CC(C)CC(NC(=O)OCC1c2ccccc2-c2ccccc21)C(=O)N1CCC(C(=O)O)C1. The number of rotatable bonds is 7. The third kappa shape index (κ3) is 4.87. The van der Waals surface area contributed by atoms with Crippen LogP contribution in [0.3, 0.4) is 0 Å². The molecule has 0 spiro atoms. The summed E-state index contributed by atoms with van der Waals surface area (Å²) in [5.74, 6) is -1.58. The van der Waals surface area contributed by atoms with Crippen LogP contribution in [0.15, 0.2) is 48.5 Å². The summed E-state index contributed by atoms with van der Waals surface area (Å²) in [4.78, 5) is 38.5. The lowest BCUT2D eigenvalue weighted by atomic mass is 9.98. The number of carboxylic acid groups (broad SMARTS) is 1. The minimum absolute atomic E-state index is 0.0580. The molecule has 7 nitrogen and oxygen atoms in total. The molecule has 2 unspecified atom stereocenters. The van der Waals surface area contributed by atoms with E-state index in [1.54, 1.807) is 0 Å². The largest absolute Gasteiger partial charge is 0.481 e. The van der Waals surface area contributed by atoms with Crippen molar-refractivity contribution in [3.8, 4) is 11.1 Å². The highest BCUT2D eigenvalue weighted by Gasteiger charge is 2.35. The van der Waals surface area contributed by atoms with Crippen LogP contribution in [0.25, 0.3) is 11.1 Å². The molecular formula is C26H30N2O5. The van der Waals surface area contributed by atoms with Gasteiger partial charge in [0.15, 0.2) is 0 Å². The first-order chi connectivity index (χ1) is 15.8. The van der Waals surface area contributed by atoms with Crippen molar-refractivity contribution in [1.82, 2.24) is 10.2 Å². The maximum atomic E-state index is 13.0. The number of nitrogens with zero attached hydrogens (tertiary/aromatic N) is 1. The number of carbonyl (C=O) groups is 3. The first kappa shape index (κ1) is 22.8. The lowest BCUT2D eigenvalue weighted by Crippen LogP contribution is -2.49. The van der Waals surface area contributed by atoms with Crippen LogP contribution in [0.2, 0.25) is 0 Å². The standard InChI is InChI=1S/C26H30N2O5/c1-16(2)13-23(24(29)28-12-11-17(14-28)25(30)31)27-26(32)33-15-22-20-9-5-3-7-18(20)19-8-4-6-10-21(19)22/h3-10,16-17,22-23H,11-15H2,1-2H3,(H,27,32)(H,30,31). The average molecular weight is 451 g/mol. The quantitative estimate of drug-likeness (QED) is 0.668. The molecule has 0 bridgehead atoms. The topological polar surface area (TPSA) is 95.9 Å². The molecule has 2 amide bonds. The molecule has 7 heteroatoms. The van der Waals surface area contributed by atoms with E-state index in [2.05, 4.69) is 29.6 Å². The van der Waals surface area contributed by atoms with Crippen LogP contribution in [-0.4, -0.2) is 53.7 Å². The van der Waals surface area contributed by atoms with Crippen LogP contribution < -0.4 is 5.32 Å². The molecule has 2 atom stereocenters. The van der Waals surface area contributed by atoms with Crippen LogP contribution in [0.4, 0.5) is 4.79 Å². The minimum atomic E-state index is -0.893. The maximum absolute atomic E-state index is 13.0. The molecule has 1 fully saturated rings. The van der Waals surface area contributed by atoms with Crippen molar-refractivity contribution < 1.29 is 24.2 Å². The smallest absolute Gasteiger partial charge is 0.407 e.